The molecule has 2 aliphatic rings. The van der Waals surface area contributed by atoms with Crippen molar-refractivity contribution in [3.63, 3.8) is 0 Å². The van der Waals surface area contributed by atoms with Gasteiger partial charge in [-0.15, -0.1) is 0 Å². The Morgan fingerprint density at radius 3 is 2.93 bits per heavy atom. The van der Waals surface area contributed by atoms with E-state index in [1.807, 2.05) is 17.0 Å². The molecule has 7 heteroatoms. The molecular formula is C20H20ClN3O3. The molecule has 0 saturated carbocycles. The summed E-state index contributed by atoms with van der Waals surface area (Å²) in [5, 5.41) is 9.98. The number of hydrogen-bond donors (Lipinski definition) is 1. The molecule has 1 aromatic carbocycles. The van der Waals surface area contributed by atoms with Crippen LogP contribution in [0.1, 0.15) is 34.3 Å². The van der Waals surface area contributed by atoms with Gasteiger partial charge in [0.1, 0.15) is 6.04 Å². The quantitative estimate of drug-likeness (QED) is 0.875. The molecular weight excluding hydrogens is 366 g/mol. The van der Waals surface area contributed by atoms with E-state index in [1.54, 1.807) is 29.4 Å². The normalized spacial score (nSPS) is 20.0. The van der Waals surface area contributed by atoms with E-state index in [-0.39, 0.29) is 5.91 Å². The van der Waals surface area contributed by atoms with E-state index in [9.17, 15) is 14.7 Å². The van der Waals surface area contributed by atoms with Crippen molar-refractivity contribution in [3.05, 3.63) is 58.4 Å². The average molecular weight is 386 g/mol. The minimum Gasteiger partial charge on any atom is -0.480 e. The maximum atomic E-state index is 12.9. The molecule has 2 aliphatic heterocycles. The number of benzene rings is 1. The minimum absolute atomic E-state index is 0.0588. The highest BCUT2D eigenvalue weighted by Crippen LogP contribution is 2.27. The zero-order valence-corrected chi connectivity index (χ0v) is 15.5. The molecule has 2 aromatic rings. The standard InChI is InChI=1S/C20H20ClN3O3/c21-15-3-4-17-14(9-15)5-7-24(19(17)25)16-8-13(10-22-11-16)12-23-6-1-2-18(23)20(26)27/h3-4,8-11,18H,1-2,5-7,12H2,(H,26,27)/t18-/m0/s1. The number of rotatable bonds is 4. The number of carbonyl (C=O) groups excluding carboxylic acids is 1. The zero-order valence-electron chi connectivity index (χ0n) is 14.8. The maximum Gasteiger partial charge on any atom is 0.320 e. The Morgan fingerprint density at radius 1 is 1.26 bits per heavy atom. The number of halogens is 1. The lowest BCUT2D eigenvalue weighted by atomic mass is 9.98. The van der Waals surface area contributed by atoms with Gasteiger partial charge in [0, 0.05) is 29.9 Å². The fraction of sp³-hybridized carbons (Fsp3) is 0.350. The van der Waals surface area contributed by atoms with Crippen LogP contribution in [0.2, 0.25) is 5.02 Å². The van der Waals surface area contributed by atoms with E-state index in [0.717, 1.165) is 36.2 Å². The van der Waals surface area contributed by atoms with Crippen molar-refractivity contribution in [3.8, 4) is 0 Å². The van der Waals surface area contributed by atoms with Crippen LogP contribution in [0, 0.1) is 0 Å². The molecule has 0 spiro atoms. The van der Waals surface area contributed by atoms with Crippen LogP contribution in [0.25, 0.3) is 0 Å². The Bertz CT molecular complexity index is 902. The first-order valence-electron chi connectivity index (χ1n) is 9.04. The van der Waals surface area contributed by atoms with Crippen molar-refractivity contribution in [2.75, 3.05) is 18.0 Å². The number of amides is 1. The smallest absolute Gasteiger partial charge is 0.320 e. The summed E-state index contributed by atoms with van der Waals surface area (Å²) in [7, 11) is 0. The van der Waals surface area contributed by atoms with Gasteiger partial charge >= 0.3 is 5.97 Å². The van der Waals surface area contributed by atoms with Crippen molar-refractivity contribution in [2.24, 2.45) is 0 Å². The van der Waals surface area contributed by atoms with E-state index in [2.05, 4.69) is 4.98 Å². The molecule has 140 valence electrons. The molecule has 27 heavy (non-hydrogen) atoms. The zero-order chi connectivity index (χ0) is 19.0. The van der Waals surface area contributed by atoms with Crippen molar-refractivity contribution < 1.29 is 14.7 Å². The second-order valence-electron chi connectivity index (χ2n) is 7.03. The summed E-state index contributed by atoms with van der Waals surface area (Å²) in [5.74, 6) is -0.838. The SMILES string of the molecule is O=C(O)[C@@H]1CCCN1Cc1cncc(N2CCc3cc(Cl)ccc3C2=O)c1. The number of fused-ring (bicyclic) bond motifs is 1. The third-order valence-electron chi connectivity index (χ3n) is 5.27. The molecule has 4 rings (SSSR count). The summed E-state index contributed by atoms with van der Waals surface area (Å²) >= 11 is 6.03. The lowest BCUT2D eigenvalue weighted by Crippen LogP contribution is -2.38. The Kier molecular flexibility index (Phi) is 4.85. The summed E-state index contributed by atoms with van der Waals surface area (Å²) < 4.78 is 0. The van der Waals surface area contributed by atoms with Crippen LogP contribution in [-0.2, 0) is 17.8 Å². The molecule has 0 radical (unpaired) electrons. The molecule has 1 saturated heterocycles. The van der Waals surface area contributed by atoms with E-state index < -0.39 is 12.0 Å². The number of aromatic nitrogens is 1. The predicted molar refractivity (Wildman–Crippen MR) is 102 cm³/mol. The number of aliphatic carboxylic acids is 1. The summed E-state index contributed by atoms with van der Waals surface area (Å²) in [6, 6.07) is 6.84. The van der Waals surface area contributed by atoms with Crippen molar-refractivity contribution in [1.29, 1.82) is 0 Å². The molecule has 1 N–H and O–H groups in total. The topological polar surface area (TPSA) is 73.7 Å². The fourth-order valence-electron chi connectivity index (χ4n) is 3.94. The highest BCUT2D eigenvalue weighted by molar-refractivity contribution is 6.30. The largest absolute Gasteiger partial charge is 0.480 e. The average Bonchev–Trinajstić information content (AvgIpc) is 3.10. The summed E-state index contributed by atoms with van der Waals surface area (Å²) in [6.07, 6.45) is 5.71. The van der Waals surface area contributed by atoms with Gasteiger partial charge in [-0.05, 0) is 61.2 Å². The predicted octanol–water partition coefficient (Wildman–Crippen LogP) is 2.99. The van der Waals surface area contributed by atoms with E-state index in [0.29, 0.717) is 30.1 Å². The van der Waals surface area contributed by atoms with Gasteiger partial charge in [-0.25, -0.2) is 0 Å². The second kappa shape index (κ2) is 7.29. The van der Waals surface area contributed by atoms with Crippen LogP contribution >= 0.6 is 11.6 Å². The third kappa shape index (κ3) is 3.55. The van der Waals surface area contributed by atoms with Gasteiger partial charge in [0.2, 0.25) is 0 Å². The first-order valence-corrected chi connectivity index (χ1v) is 9.42. The molecule has 0 aliphatic carbocycles. The van der Waals surface area contributed by atoms with Gasteiger partial charge in [0.05, 0.1) is 11.9 Å². The Balaban J connectivity index is 1.55. The number of carboxylic acid groups (broad SMARTS) is 1. The van der Waals surface area contributed by atoms with Gasteiger partial charge in [-0.2, -0.15) is 0 Å². The van der Waals surface area contributed by atoms with Crippen LogP contribution < -0.4 is 4.90 Å². The summed E-state index contributed by atoms with van der Waals surface area (Å²) in [5.41, 5.74) is 3.29. The third-order valence-corrected chi connectivity index (χ3v) is 5.51. The van der Waals surface area contributed by atoms with Crippen LogP contribution in [0.15, 0.2) is 36.7 Å². The van der Waals surface area contributed by atoms with E-state index >= 15 is 0 Å². The van der Waals surface area contributed by atoms with Crippen molar-refractivity contribution in [1.82, 2.24) is 9.88 Å². The number of carbonyl (C=O) groups is 2. The number of pyridine rings is 1. The Hall–Kier alpha value is -2.44. The number of carboxylic acids is 1. The number of nitrogens with zero attached hydrogens (tertiary/aromatic N) is 3. The van der Waals surface area contributed by atoms with Gasteiger partial charge in [0.25, 0.3) is 5.91 Å². The highest BCUT2D eigenvalue weighted by atomic mass is 35.5. The number of likely N-dealkylation sites (tertiary alicyclic amines) is 1. The lowest BCUT2D eigenvalue weighted by molar-refractivity contribution is -0.142. The molecule has 1 aromatic heterocycles. The monoisotopic (exact) mass is 385 g/mol. The summed E-state index contributed by atoms with van der Waals surface area (Å²) in [6.45, 7) is 1.85. The second-order valence-corrected chi connectivity index (χ2v) is 7.46. The fourth-order valence-corrected chi connectivity index (χ4v) is 4.14. The molecule has 1 amide bonds. The summed E-state index contributed by atoms with van der Waals surface area (Å²) in [4.78, 5) is 32.2. The molecule has 0 bridgehead atoms. The van der Waals surface area contributed by atoms with E-state index in [1.165, 1.54) is 0 Å². The first kappa shape index (κ1) is 17.9. The van der Waals surface area contributed by atoms with Crippen LogP contribution in [0.4, 0.5) is 5.69 Å². The molecule has 6 nitrogen and oxygen atoms in total. The molecule has 1 atom stereocenters. The van der Waals surface area contributed by atoms with Crippen molar-refractivity contribution in [2.45, 2.75) is 31.8 Å². The van der Waals surface area contributed by atoms with Gasteiger partial charge in [-0.3, -0.25) is 19.5 Å². The molecule has 3 heterocycles. The molecule has 1 fully saturated rings. The van der Waals surface area contributed by atoms with Crippen molar-refractivity contribution >= 4 is 29.2 Å². The van der Waals surface area contributed by atoms with Gasteiger partial charge < -0.3 is 10.0 Å². The molecule has 0 unspecified atom stereocenters. The first-order chi connectivity index (χ1) is 13.0. The van der Waals surface area contributed by atoms with Gasteiger partial charge in [-0.1, -0.05) is 11.6 Å². The van der Waals surface area contributed by atoms with Crippen LogP contribution in [0.3, 0.4) is 0 Å². The maximum absolute atomic E-state index is 12.9. The minimum atomic E-state index is -0.780. The Labute approximate surface area is 162 Å². The number of anilines is 1. The van der Waals surface area contributed by atoms with Crippen LogP contribution in [-0.4, -0.2) is 46.0 Å². The highest BCUT2D eigenvalue weighted by Gasteiger charge is 2.31. The number of hydrogen-bond acceptors (Lipinski definition) is 4. The van der Waals surface area contributed by atoms with Crippen LogP contribution in [0.5, 0.6) is 0 Å². The van der Waals surface area contributed by atoms with Gasteiger partial charge in [0.15, 0.2) is 0 Å². The Morgan fingerprint density at radius 2 is 2.11 bits per heavy atom. The van der Waals surface area contributed by atoms with E-state index in [4.69, 9.17) is 11.6 Å². The lowest BCUT2D eigenvalue weighted by Gasteiger charge is -2.29.